The second-order valence-corrected chi connectivity index (χ2v) is 10.9. The van der Waals surface area contributed by atoms with Gasteiger partial charge in [-0.15, -0.1) is 0 Å². The normalized spacial score (nSPS) is 18.8. The largest absolute Gasteiger partial charge is 0.492 e. The van der Waals surface area contributed by atoms with Crippen LogP contribution in [0.4, 0.5) is 28.9 Å². The van der Waals surface area contributed by atoms with E-state index in [-0.39, 0.29) is 12.4 Å². The zero-order chi connectivity index (χ0) is 23.6. The summed E-state index contributed by atoms with van der Waals surface area (Å²) in [7, 11) is 1.07. The fourth-order valence-electron chi connectivity index (χ4n) is 3.82. The van der Waals surface area contributed by atoms with Gasteiger partial charge in [0.25, 0.3) is 0 Å². The van der Waals surface area contributed by atoms with Crippen molar-refractivity contribution >= 4 is 34.1 Å². The maximum Gasteiger partial charge on any atom is 0.420 e. The van der Waals surface area contributed by atoms with Crippen LogP contribution in [0.1, 0.15) is 5.56 Å². The Morgan fingerprint density at radius 1 is 1.06 bits per heavy atom. The van der Waals surface area contributed by atoms with Crippen LogP contribution in [0.2, 0.25) is 0 Å². The maximum atomic E-state index is 14.0. The summed E-state index contributed by atoms with van der Waals surface area (Å²) < 4.78 is 74.5. The molecule has 2 aliphatic rings. The van der Waals surface area contributed by atoms with Crippen molar-refractivity contribution in [1.29, 1.82) is 0 Å². The summed E-state index contributed by atoms with van der Waals surface area (Å²) in [6.45, 7) is 2.94. The monoisotopic (exact) mass is 503 g/mol. The lowest BCUT2D eigenvalue weighted by Gasteiger charge is -2.27. The Morgan fingerprint density at radius 2 is 1.76 bits per heavy atom. The van der Waals surface area contributed by atoms with Crippen LogP contribution in [0.3, 0.4) is 0 Å². The minimum atomic E-state index is -4.59. The number of anilines is 2. The van der Waals surface area contributed by atoms with Gasteiger partial charge in [0.2, 0.25) is 0 Å². The first-order chi connectivity index (χ1) is 15.7. The smallest absolute Gasteiger partial charge is 0.420 e. The van der Waals surface area contributed by atoms with Crippen LogP contribution in [0, 0.1) is 5.82 Å². The first-order valence-electron chi connectivity index (χ1n) is 10.6. The Kier molecular flexibility index (Phi) is 7.52. The van der Waals surface area contributed by atoms with Crippen LogP contribution >= 0.6 is 11.9 Å². The second kappa shape index (κ2) is 10.2. The van der Waals surface area contributed by atoms with Crippen molar-refractivity contribution in [3.8, 4) is 5.75 Å². The summed E-state index contributed by atoms with van der Waals surface area (Å²) in [5, 5.41) is 0. The third-order valence-corrected chi connectivity index (χ3v) is 7.92. The van der Waals surface area contributed by atoms with E-state index in [4.69, 9.17) is 4.74 Å². The van der Waals surface area contributed by atoms with Gasteiger partial charge < -0.3 is 9.64 Å². The number of halogens is 4. The van der Waals surface area contributed by atoms with Crippen molar-refractivity contribution in [3.05, 3.63) is 47.8 Å². The number of likely N-dealkylation sites (N-methyl/N-ethyl adjacent to an activating group) is 1. The van der Waals surface area contributed by atoms with Crippen LogP contribution in [-0.2, 0) is 17.0 Å². The van der Waals surface area contributed by atoms with Gasteiger partial charge in [0.1, 0.15) is 18.2 Å². The van der Waals surface area contributed by atoms with Gasteiger partial charge in [0.05, 0.1) is 16.1 Å². The molecule has 0 N–H and O–H groups in total. The van der Waals surface area contributed by atoms with Gasteiger partial charge in [-0.05, 0) is 55.4 Å². The summed E-state index contributed by atoms with van der Waals surface area (Å²) in [5.74, 6) is 0.549. The fraction of sp³-hybridized carbons (Fsp3) is 0.455. The summed E-state index contributed by atoms with van der Waals surface area (Å²) in [4.78, 5) is 4.46. The topological polar surface area (TPSA) is 36.0 Å². The maximum absolute atomic E-state index is 14.0. The lowest BCUT2D eigenvalue weighted by molar-refractivity contribution is -0.139. The molecule has 2 aromatic rings. The minimum Gasteiger partial charge on any atom is -0.492 e. The van der Waals surface area contributed by atoms with Gasteiger partial charge >= 0.3 is 6.18 Å². The lowest BCUT2D eigenvalue weighted by Crippen LogP contribution is -2.39. The third-order valence-electron chi connectivity index (χ3n) is 5.62. The predicted molar refractivity (Wildman–Crippen MR) is 123 cm³/mol. The highest BCUT2D eigenvalue weighted by molar-refractivity contribution is 7.97. The molecular weight excluding hydrogens is 478 g/mol. The molecule has 1 fully saturated rings. The number of fused-ring (bicyclic) bond motifs is 1. The molecule has 0 amide bonds. The van der Waals surface area contributed by atoms with Crippen molar-refractivity contribution in [2.24, 2.45) is 0 Å². The van der Waals surface area contributed by atoms with Crippen molar-refractivity contribution in [2.75, 3.05) is 62.8 Å². The van der Waals surface area contributed by atoms with E-state index in [0.717, 1.165) is 6.07 Å². The number of ether oxygens (including phenoxy) is 1. The summed E-state index contributed by atoms with van der Waals surface area (Å²) in [6, 6.07) is 8.32. The summed E-state index contributed by atoms with van der Waals surface area (Å²) >= 11 is 1.36. The molecule has 0 bridgehead atoms. The average Bonchev–Trinajstić information content (AvgIpc) is 2.92. The Bertz CT molecular complexity index is 994. The first-order valence-corrected chi connectivity index (χ1v) is 12.8. The molecule has 0 aromatic heterocycles. The summed E-state index contributed by atoms with van der Waals surface area (Å²) in [6.07, 6.45) is -4.59. The molecule has 1 saturated heterocycles. The number of hydrogen-bond donors (Lipinski definition) is 0. The number of nitrogens with zero attached hydrogens (tertiary/aromatic N) is 3. The van der Waals surface area contributed by atoms with Crippen LogP contribution in [0.15, 0.2) is 41.3 Å². The SMILES string of the molecule is CN1CCN(c2ccc(F)cc2)c2cc(C(F)(F)F)c(OCCN3CCS(=O)CC3)cc2S1. The van der Waals surface area contributed by atoms with Gasteiger partial charge in [0, 0.05) is 60.7 Å². The van der Waals surface area contributed by atoms with Crippen LogP contribution < -0.4 is 9.64 Å². The highest BCUT2D eigenvalue weighted by atomic mass is 32.2. The van der Waals surface area contributed by atoms with Gasteiger partial charge in [-0.2, -0.15) is 13.2 Å². The molecule has 0 saturated carbocycles. The molecule has 2 aliphatic heterocycles. The van der Waals surface area contributed by atoms with E-state index in [9.17, 15) is 21.8 Å². The third kappa shape index (κ3) is 6.00. The molecule has 0 radical (unpaired) electrons. The quantitative estimate of drug-likeness (QED) is 0.445. The van der Waals surface area contributed by atoms with E-state index in [1.807, 2.05) is 11.4 Å². The highest BCUT2D eigenvalue weighted by Crippen LogP contribution is 2.46. The van der Waals surface area contributed by atoms with Crippen LogP contribution in [-0.4, -0.2) is 71.3 Å². The number of benzene rings is 2. The van der Waals surface area contributed by atoms with Gasteiger partial charge in [-0.1, -0.05) is 0 Å². The molecule has 5 nitrogen and oxygen atoms in total. The first kappa shape index (κ1) is 24.3. The van der Waals surface area contributed by atoms with Crippen molar-refractivity contribution in [2.45, 2.75) is 11.1 Å². The number of rotatable bonds is 5. The second-order valence-electron chi connectivity index (χ2n) is 7.92. The van der Waals surface area contributed by atoms with Crippen LogP contribution in [0.25, 0.3) is 0 Å². The molecule has 180 valence electrons. The molecule has 33 heavy (non-hydrogen) atoms. The minimum absolute atomic E-state index is 0.108. The van der Waals surface area contributed by atoms with Gasteiger partial charge in [0.15, 0.2) is 0 Å². The summed E-state index contributed by atoms with van der Waals surface area (Å²) in [5.41, 5.74) is 0.199. The highest BCUT2D eigenvalue weighted by Gasteiger charge is 2.37. The lowest BCUT2D eigenvalue weighted by atomic mass is 10.1. The van der Waals surface area contributed by atoms with Gasteiger partial charge in [-0.3, -0.25) is 9.11 Å². The van der Waals surface area contributed by atoms with E-state index in [1.165, 1.54) is 30.1 Å². The zero-order valence-corrected chi connectivity index (χ0v) is 19.7. The van der Waals surface area contributed by atoms with E-state index >= 15 is 0 Å². The Labute approximate surface area is 197 Å². The molecule has 0 unspecified atom stereocenters. The Morgan fingerprint density at radius 3 is 2.42 bits per heavy atom. The average molecular weight is 504 g/mol. The fourth-order valence-corrected chi connectivity index (χ4v) is 5.88. The van der Waals surface area contributed by atoms with Crippen LogP contribution in [0.5, 0.6) is 5.75 Å². The Balaban J connectivity index is 1.62. The molecule has 2 aromatic carbocycles. The molecule has 0 aliphatic carbocycles. The van der Waals surface area contributed by atoms with Gasteiger partial charge in [-0.25, -0.2) is 8.70 Å². The molecule has 4 rings (SSSR count). The number of alkyl halides is 3. The van der Waals surface area contributed by atoms with E-state index < -0.39 is 28.4 Å². The standard InChI is InChI=1S/C22H25F4N3O2S2/c1-27-6-7-29(17-4-2-16(23)3-5-17)19-14-18(22(24,25)26)20(15-21(19)32-27)31-11-8-28-9-12-33(30)13-10-28/h2-5,14-15H,6-13H2,1H3. The molecule has 0 atom stereocenters. The van der Waals surface area contributed by atoms with Crippen molar-refractivity contribution < 1.29 is 26.5 Å². The zero-order valence-electron chi connectivity index (χ0n) is 18.1. The van der Waals surface area contributed by atoms with Crippen molar-refractivity contribution in [1.82, 2.24) is 9.21 Å². The van der Waals surface area contributed by atoms with E-state index in [0.29, 0.717) is 60.5 Å². The number of hydrogen-bond acceptors (Lipinski definition) is 6. The Hall–Kier alpha value is -1.82. The van der Waals surface area contributed by atoms with Crippen molar-refractivity contribution in [3.63, 3.8) is 0 Å². The molecule has 2 heterocycles. The molecular formula is C22H25F4N3O2S2. The molecule has 11 heteroatoms. The predicted octanol–water partition coefficient (Wildman–Crippen LogP) is 4.38. The molecule has 0 spiro atoms. The van der Waals surface area contributed by atoms with E-state index in [2.05, 4.69) is 4.90 Å². The van der Waals surface area contributed by atoms with E-state index in [1.54, 1.807) is 17.0 Å².